The molecule has 2 heterocycles. The molecule has 1 N–H and O–H groups in total. The third-order valence-corrected chi connectivity index (χ3v) is 6.65. The van der Waals surface area contributed by atoms with E-state index in [0.29, 0.717) is 5.92 Å². The first-order chi connectivity index (χ1) is 12.9. The maximum absolute atomic E-state index is 4.81. The number of pyridine rings is 1. The lowest BCUT2D eigenvalue weighted by atomic mass is 9.58. The minimum Gasteiger partial charge on any atom is -0.366 e. The van der Waals surface area contributed by atoms with Crippen molar-refractivity contribution in [1.29, 1.82) is 0 Å². The van der Waals surface area contributed by atoms with E-state index < -0.39 is 0 Å². The summed E-state index contributed by atoms with van der Waals surface area (Å²) < 4.78 is 0. The molecule has 0 saturated heterocycles. The Bertz CT molecular complexity index is 677. The van der Waals surface area contributed by atoms with E-state index in [1.54, 1.807) is 0 Å². The highest BCUT2D eigenvalue weighted by atomic mass is 14.8. The smallest absolute Gasteiger partial charge is 0.178 e. The molecule has 2 aromatic heterocycles. The molecule has 3 heteroatoms. The van der Waals surface area contributed by atoms with Crippen molar-refractivity contribution >= 4 is 23.9 Å². The van der Waals surface area contributed by atoms with Crippen molar-refractivity contribution in [1.82, 2.24) is 9.97 Å². The predicted molar refractivity (Wildman–Crippen MR) is 113 cm³/mol. The fourth-order valence-corrected chi connectivity index (χ4v) is 5.06. The van der Waals surface area contributed by atoms with Crippen LogP contribution in [0.2, 0.25) is 5.82 Å². The molecule has 2 aromatic rings. The van der Waals surface area contributed by atoms with Crippen LogP contribution in [0.4, 0.5) is 0 Å². The van der Waals surface area contributed by atoms with Crippen LogP contribution < -0.4 is 5.59 Å². The Labute approximate surface area is 159 Å². The molecule has 26 heavy (non-hydrogen) atoms. The van der Waals surface area contributed by atoms with Gasteiger partial charge in [-0.15, -0.1) is 0 Å². The molecule has 0 bridgehead atoms. The summed E-state index contributed by atoms with van der Waals surface area (Å²) in [6.45, 7) is 0. The fraction of sp³-hybridized carbons (Fsp3) is 0.696. The van der Waals surface area contributed by atoms with Gasteiger partial charge in [-0.3, -0.25) is 4.98 Å². The van der Waals surface area contributed by atoms with Gasteiger partial charge in [0, 0.05) is 6.20 Å². The van der Waals surface area contributed by atoms with Gasteiger partial charge in [0.1, 0.15) is 0 Å². The Morgan fingerprint density at radius 2 is 1.38 bits per heavy atom. The Balaban J connectivity index is 1.46. The molecule has 2 aliphatic carbocycles. The molecule has 4 rings (SSSR count). The molecular formula is C23H34BN2. The van der Waals surface area contributed by atoms with Crippen LogP contribution in [0.25, 0.3) is 11.0 Å². The highest BCUT2D eigenvalue weighted by Crippen LogP contribution is 2.31. The third-order valence-electron chi connectivity index (χ3n) is 6.65. The van der Waals surface area contributed by atoms with E-state index in [-0.39, 0.29) is 0 Å². The summed E-state index contributed by atoms with van der Waals surface area (Å²) in [5.74, 6) is 1.46. The Morgan fingerprint density at radius 1 is 0.769 bits per heavy atom. The summed E-state index contributed by atoms with van der Waals surface area (Å²) in [7, 11) is 2.49. The zero-order valence-corrected chi connectivity index (χ0v) is 16.3. The van der Waals surface area contributed by atoms with E-state index in [9.17, 15) is 0 Å². The standard InChI is InChI=1S/C23H34BN2/c1-3-7-11-18(12-8-4-1)19-15-22-21(25-17-19)16-23(26-22)24-20-13-9-5-2-6-10-14-20/h15-18,20,26H,1-14H2. The number of aromatic nitrogens is 2. The maximum Gasteiger partial charge on any atom is 0.178 e. The zero-order valence-electron chi connectivity index (χ0n) is 16.3. The molecule has 139 valence electrons. The molecule has 0 amide bonds. The average Bonchev–Trinajstić information content (AvgIpc) is 2.98. The second-order valence-electron chi connectivity index (χ2n) is 8.74. The summed E-state index contributed by atoms with van der Waals surface area (Å²) >= 11 is 0. The summed E-state index contributed by atoms with van der Waals surface area (Å²) in [4.78, 5) is 8.47. The monoisotopic (exact) mass is 349 g/mol. The number of fused-ring (bicyclic) bond motifs is 1. The van der Waals surface area contributed by atoms with Crippen molar-refractivity contribution in [2.24, 2.45) is 0 Å². The van der Waals surface area contributed by atoms with Crippen molar-refractivity contribution in [3.8, 4) is 0 Å². The van der Waals surface area contributed by atoms with Gasteiger partial charge in [-0.05, 0) is 42.0 Å². The normalized spacial score (nSPS) is 21.7. The largest absolute Gasteiger partial charge is 0.366 e. The lowest BCUT2D eigenvalue weighted by molar-refractivity contribution is 0.455. The molecule has 2 fully saturated rings. The highest BCUT2D eigenvalue weighted by molar-refractivity contribution is 6.54. The van der Waals surface area contributed by atoms with Gasteiger partial charge in [-0.2, -0.15) is 0 Å². The summed E-state index contributed by atoms with van der Waals surface area (Å²) in [6, 6.07) is 4.65. The van der Waals surface area contributed by atoms with Crippen LogP contribution in [0.15, 0.2) is 18.3 Å². The number of aromatic amines is 1. The SMILES string of the molecule is [B](c1cc2ncc(C3CCCCCCC3)cc2[nH]1)C1CCCCCCC1. The van der Waals surface area contributed by atoms with Crippen LogP contribution in [0.3, 0.4) is 0 Å². The Kier molecular flexibility index (Phi) is 6.35. The molecule has 0 atom stereocenters. The number of H-pyrrole nitrogens is 1. The minimum absolute atomic E-state index is 0.716. The highest BCUT2D eigenvalue weighted by Gasteiger charge is 2.17. The fourth-order valence-electron chi connectivity index (χ4n) is 5.06. The predicted octanol–water partition coefficient (Wildman–Crippen LogP) is 6.25. The lowest BCUT2D eigenvalue weighted by Gasteiger charge is -2.19. The molecule has 2 saturated carbocycles. The van der Waals surface area contributed by atoms with E-state index >= 15 is 0 Å². The van der Waals surface area contributed by atoms with Gasteiger partial charge in [-0.1, -0.05) is 82.9 Å². The van der Waals surface area contributed by atoms with Crippen LogP contribution in [0.1, 0.15) is 101 Å². The quantitative estimate of drug-likeness (QED) is 0.652. The lowest BCUT2D eigenvalue weighted by Crippen LogP contribution is -2.21. The van der Waals surface area contributed by atoms with Crippen LogP contribution in [-0.4, -0.2) is 17.2 Å². The molecule has 1 radical (unpaired) electrons. The Morgan fingerprint density at radius 3 is 2.08 bits per heavy atom. The topological polar surface area (TPSA) is 28.7 Å². The maximum atomic E-state index is 4.81. The van der Waals surface area contributed by atoms with Crippen LogP contribution >= 0.6 is 0 Å². The zero-order chi connectivity index (χ0) is 17.6. The number of hydrogen-bond donors (Lipinski definition) is 1. The van der Waals surface area contributed by atoms with E-state index in [4.69, 9.17) is 4.98 Å². The number of hydrogen-bond acceptors (Lipinski definition) is 1. The summed E-state index contributed by atoms with van der Waals surface area (Å²) in [6.07, 6.45) is 21.6. The molecule has 0 spiro atoms. The second-order valence-corrected chi connectivity index (χ2v) is 8.74. The second kappa shape index (κ2) is 9.10. The van der Waals surface area contributed by atoms with E-state index in [0.717, 1.165) is 11.3 Å². The van der Waals surface area contributed by atoms with Gasteiger partial charge < -0.3 is 4.98 Å². The summed E-state index contributed by atoms with van der Waals surface area (Å²) in [5, 5.41) is 0. The van der Waals surface area contributed by atoms with Crippen molar-refractivity contribution < 1.29 is 0 Å². The van der Waals surface area contributed by atoms with Gasteiger partial charge in [-0.25, -0.2) is 0 Å². The minimum atomic E-state index is 0.716. The van der Waals surface area contributed by atoms with E-state index in [2.05, 4.69) is 30.6 Å². The molecule has 2 aliphatic rings. The van der Waals surface area contributed by atoms with Crippen molar-refractivity contribution in [3.63, 3.8) is 0 Å². The first kappa shape index (κ1) is 18.1. The van der Waals surface area contributed by atoms with Crippen molar-refractivity contribution in [2.45, 2.75) is 102 Å². The molecular weight excluding hydrogens is 315 g/mol. The first-order valence-electron chi connectivity index (χ1n) is 11.2. The van der Waals surface area contributed by atoms with Crippen molar-refractivity contribution in [2.75, 3.05) is 0 Å². The third kappa shape index (κ3) is 4.72. The molecule has 0 aliphatic heterocycles. The molecule has 0 unspecified atom stereocenters. The molecule has 0 aromatic carbocycles. The number of rotatable bonds is 3. The van der Waals surface area contributed by atoms with Crippen molar-refractivity contribution in [3.05, 3.63) is 23.9 Å². The van der Waals surface area contributed by atoms with Gasteiger partial charge in [0.15, 0.2) is 7.28 Å². The number of nitrogens with one attached hydrogen (secondary N) is 1. The number of nitrogens with zero attached hydrogens (tertiary/aromatic N) is 1. The van der Waals surface area contributed by atoms with E-state index in [1.807, 2.05) is 0 Å². The van der Waals surface area contributed by atoms with Crippen LogP contribution in [-0.2, 0) is 0 Å². The van der Waals surface area contributed by atoms with Crippen LogP contribution in [0.5, 0.6) is 0 Å². The van der Waals surface area contributed by atoms with Gasteiger partial charge >= 0.3 is 0 Å². The molecule has 2 nitrogen and oxygen atoms in total. The van der Waals surface area contributed by atoms with Crippen LogP contribution in [0, 0.1) is 0 Å². The van der Waals surface area contributed by atoms with Gasteiger partial charge in [0.05, 0.1) is 11.0 Å². The van der Waals surface area contributed by atoms with Gasteiger partial charge in [0.2, 0.25) is 0 Å². The summed E-state index contributed by atoms with van der Waals surface area (Å²) in [5.41, 5.74) is 5.12. The van der Waals surface area contributed by atoms with E-state index in [1.165, 1.54) is 107 Å². The Hall–Kier alpha value is -1.25. The first-order valence-corrected chi connectivity index (χ1v) is 11.2. The van der Waals surface area contributed by atoms with Gasteiger partial charge in [0.25, 0.3) is 0 Å². The average molecular weight is 349 g/mol.